The van der Waals surface area contributed by atoms with Crippen LogP contribution in [0.4, 0.5) is 4.79 Å². The van der Waals surface area contributed by atoms with Crippen LogP contribution in [0.2, 0.25) is 0 Å². The zero-order chi connectivity index (χ0) is 16.4. The molecular weight excluding hydrogens is 276 g/mol. The average molecular weight is 302 g/mol. The first-order valence-corrected chi connectivity index (χ1v) is 7.13. The number of carbonyl (C=O) groups excluding carboxylic acids is 3. The second-order valence-electron chi connectivity index (χ2n) is 5.22. The summed E-state index contributed by atoms with van der Waals surface area (Å²) in [7, 11) is 1.21. The summed E-state index contributed by atoms with van der Waals surface area (Å²) in [6.45, 7) is 7.62. The van der Waals surface area contributed by atoms with Crippen molar-refractivity contribution in [1.29, 1.82) is 0 Å². The van der Waals surface area contributed by atoms with E-state index in [2.05, 4.69) is 15.4 Å². The molecule has 0 rings (SSSR count). The fourth-order valence-electron chi connectivity index (χ4n) is 1.59. The quantitative estimate of drug-likeness (QED) is 0.657. The predicted molar refractivity (Wildman–Crippen MR) is 77.6 cm³/mol. The SMILES string of the molecule is CCCOC(=O)C(CC(C)C)NC(=O)C(C)NC(=O)OC. The molecule has 7 heteroatoms. The molecule has 2 amide bonds. The largest absolute Gasteiger partial charge is 0.464 e. The standard InChI is InChI=1S/C14H26N2O5/c1-6-7-21-13(18)11(8-9(2)3)16-12(17)10(4)15-14(19)20-5/h9-11H,6-8H2,1-5H3,(H,15,19)(H,16,17). The molecule has 0 saturated carbocycles. The van der Waals surface area contributed by atoms with Crippen LogP contribution in [0.15, 0.2) is 0 Å². The van der Waals surface area contributed by atoms with Gasteiger partial charge in [0.1, 0.15) is 12.1 Å². The Morgan fingerprint density at radius 1 is 1.10 bits per heavy atom. The third kappa shape index (κ3) is 8.16. The van der Waals surface area contributed by atoms with Crippen molar-refractivity contribution < 1.29 is 23.9 Å². The van der Waals surface area contributed by atoms with Gasteiger partial charge < -0.3 is 20.1 Å². The molecule has 0 radical (unpaired) electrons. The van der Waals surface area contributed by atoms with E-state index in [-0.39, 0.29) is 5.92 Å². The summed E-state index contributed by atoms with van der Waals surface area (Å²) in [6, 6.07) is -1.52. The molecule has 0 aromatic heterocycles. The summed E-state index contributed by atoms with van der Waals surface area (Å²) < 4.78 is 9.49. The van der Waals surface area contributed by atoms with Gasteiger partial charge in [-0.3, -0.25) is 4.79 Å². The van der Waals surface area contributed by atoms with E-state index in [0.29, 0.717) is 19.4 Å². The molecular formula is C14H26N2O5. The highest BCUT2D eigenvalue weighted by atomic mass is 16.5. The van der Waals surface area contributed by atoms with Gasteiger partial charge >= 0.3 is 12.1 Å². The number of amides is 2. The fraction of sp³-hybridized carbons (Fsp3) is 0.786. The van der Waals surface area contributed by atoms with Crippen LogP contribution < -0.4 is 10.6 Å². The minimum Gasteiger partial charge on any atom is -0.464 e. The van der Waals surface area contributed by atoms with Gasteiger partial charge in [0.05, 0.1) is 13.7 Å². The van der Waals surface area contributed by atoms with Gasteiger partial charge in [-0.05, 0) is 25.7 Å². The summed E-state index contributed by atoms with van der Waals surface area (Å²) in [5, 5.41) is 4.95. The van der Waals surface area contributed by atoms with E-state index < -0.39 is 30.1 Å². The molecule has 2 unspecified atom stereocenters. The van der Waals surface area contributed by atoms with Gasteiger partial charge in [-0.15, -0.1) is 0 Å². The minimum absolute atomic E-state index is 0.216. The smallest absolute Gasteiger partial charge is 0.407 e. The van der Waals surface area contributed by atoms with Crippen molar-refractivity contribution >= 4 is 18.0 Å². The normalized spacial score (nSPS) is 13.2. The molecule has 0 aliphatic carbocycles. The van der Waals surface area contributed by atoms with Crippen molar-refractivity contribution in [2.45, 2.75) is 52.6 Å². The molecule has 0 saturated heterocycles. The summed E-state index contributed by atoms with van der Waals surface area (Å²) in [5.41, 5.74) is 0. The number of carbonyl (C=O) groups is 3. The van der Waals surface area contributed by atoms with Crippen LogP contribution in [0.3, 0.4) is 0 Å². The Morgan fingerprint density at radius 2 is 1.71 bits per heavy atom. The Hall–Kier alpha value is -1.79. The summed E-state index contributed by atoms with van der Waals surface area (Å²) in [6.07, 6.45) is 0.486. The second kappa shape index (κ2) is 10.0. The van der Waals surface area contributed by atoms with Crippen molar-refractivity contribution in [1.82, 2.24) is 10.6 Å². The Kier molecular flexibility index (Phi) is 9.16. The van der Waals surface area contributed by atoms with Gasteiger partial charge in [-0.1, -0.05) is 20.8 Å². The van der Waals surface area contributed by atoms with Crippen LogP contribution in [-0.4, -0.2) is 43.8 Å². The Bertz CT molecular complexity index is 357. The van der Waals surface area contributed by atoms with Gasteiger partial charge in [-0.2, -0.15) is 0 Å². The van der Waals surface area contributed by atoms with Gasteiger partial charge in [0.15, 0.2) is 0 Å². The third-order valence-corrected chi connectivity index (χ3v) is 2.67. The molecule has 2 N–H and O–H groups in total. The minimum atomic E-state index is -0.800. The van der Waals surface area contributed by atoms with Gasteiger partial charge in [0.2, 0.25) is 5.91 Å². The Balaban J connectivity index is 4.60. The maximum absolute atomic E-state index is 12.0. The molecule has 0 fully saturated rings. The first-order chi connectivity index (χ1) is 9.81. The highest BCUT2D eigenvalue weighted by molar-refractivity contribution is 5.89. The average Bonchev–Trinajstić information content (AvgIpc) is 2.42. The number of esters is 1. The fourth-order valence-corrected chi connectivity index (χ4v) is 1.59. The highest BCUT2D eigenvalue weighted by Gasteiger charge is 2.26. The van der Waals surface area contributed by atoms with Crippen LogP contribution >= 0.6 is 0 Å². The molecule has 122 valence electrons. The molecule has 0 bridgehead atoms. The van der Waals surface area contributed by atoms with E-state index in [4.69, 9.17) is 4.74 Å². The number of rotatable bonds is 8. The van der Waals surface area contributed by atoms with E-state index in [0.717, 1.165) is 0 Å². The molecule has 21 heavy (non-hydrogen) atoms. The van der Waals surface area contributed by atoms with Crippen molar-refractivity contribution in [2.75, 3.05) is 13.7 Å². The van der Waals surface area contributed by atoms with Crippen molar-refractivity contribution in [2.24, 2.45) is 5.92 Å². The number of alkyl carbamates (subject to hydrolysis) is 1. The maximum atomic E-state index is 12.0. The van der Waals surface area contributed by atoms with Crippen LogP contribution in [0.5, 0.6) is 0 Å². The van der Waals surface area contributed by atoms with Crippen molar-refractivity contribution in [3.05, 3.63) is 0 Å². The van der Waals surface area contributed by atoms with E-state index in [9.17, 15) is 14.4 Å². The van der Waals surface area contributed by atoms with Gasteiger partial charge in [0, 0.05) is 0 Å². The van der Waals surface area contributed by atoms with Gasteiger partial charge in [0.25, 0.3) is 0 Å². The van der Waals surface area contributed by atoms with Crippen LogP contribution in [0, 0.1) is 5.92 Å². The maximum Gasteiger partial charge on any atom is 0.407 e. The lowest BCUT2D eigenvalue weighted by Crippen LogP contribution is -2.51. The monoisotopic (exact) mass is 302 g/mol. The van der Waals surface area contributed by atoms with Gasteiger partial charge in [-0.25, -0.2) is 9.59 Å². The number of hydrogen-bond donors (Lipinski definition) is 2. The lowest BCUT2D eigenvalue weighted by Gasteiger charge is -2.21. The summed E-state index contributed by atoms with van der Waals surface area (Å²) in [4.78, 5) is 35.0. The van der Waals surface area contributed by atoms with Crippen LogP contribution in [0.1, 0.15) is 40.5 Å². The summed E-state index contributed by atoms with van der Waals surface area (Å²) >= 11 is 0. The molecule has 0 aromatic carbocycles. The summed E-state index contributed by atoms with van der Waals surface area (Å²) in [5.74, 6) is -0.697. The number of ether oxygens (including phenoxy) is 2. The Labute approximate surface area is 125 Å². The molecule has 7 nitrogen and oxygen atoms in total. The highest BCUT2D eigenvalue weighted by Crippen LogP contribution is 2.07. The number of methoxy groups -OCH3 is 1. The molecule has 2 atom stereocenters. The second-order valence-corrected chi connectivity index (χ2v) is 5.22. The van der Waals surface area contributed by atoms with E-state index >= 15 is 0 Å². The molecule has 0 aromatic rings. The molecule has 0 spiro atoms. The van der Waals surface area contributed by atoms with Crippen molar-refractivity contribution in [3.8, 4) is 0 Å². The lowest BCUT2D eigenvalue weighted by molar-refractivity contribution is -0.148. The van der Waals surface area contributed by atoms with E-state index in [1.807, 2.05) is 20.8 Å². The lowest BCUT2D eigenvalue weighted by atomic mass is 10.0. The predicted octanol–water partition coefficient (Wildman–Crippen LogP) is 1.22. The topological polar surface area (TPSA) is 93.7 Å². The molecule has 0 aliphatic heterocycles. The third-order valence-electron chi connectivity index (χ3n) is 2.67. The van der Waals surface area contributed by atoms with Crippen molar-refractivity contribution in [3.63, 3.8) is 0 Å². The first-order valence-electron chi connectivity index (χ1n) is 7.13. The van der Waals surface area contributed by atoms with Crippen LogP contribution in [-0.2, 0) is 19.1 Å². The van der Waals surface area contributed by atoms with E-state index in [1.165, 1.54) is 14.0 Å². The number of hydrogen-bond acceptors (Lipinski definition) is 5. The number of nitrogens with one attached hydrogen (secondary N) is 2. The zero-order valence-corrected chi connectivity index (χ0v) is 13.4. The molecule has 0 heterocycles. The van der Waals surface area contributed by atoms with Crippen LogP contribution in [0.25, 0.3) is 0 Å². The molecule has 0 aliphatic rings. The first kappa shape index (κ1) is 19.2. The van der Waals surface area contributed by atoms with E-state index in [1.54, 1.807) is 0 Å². The Morgan fingerprint density at radius 3 is 2.19 bits per heavy atom. The zero-order valence-electron chi connectivity index (χ0n) is 13.4.